The van der Waals surface area contributed by atoms with Crippen molar-refractivity contribution in [3.8, 4) is 51.7 Å². The number of rotatable bonds is 6. The molecule has 0 unspecified atom stereocenters. The maximum atomic E-state index is 15.1. The summed E-state index contributed by atoms with van der Waals surface area (Å²) < 4.78 is 52.9. The molecule has 3 aliphatic heterocycles. The molecule has 0 aromatic heterocycles. The van der Waals surface area contributed by atoms with Crippen LogP contribution in [0.25, 0.3) is 0 Å². The van der Waals surface area contributed by atoms with E-state index in [1.807, 2.05) is 91.0 Å². The van der Waals surface area contributed by atoms with Gasteiger partial charge in [-0.05, 0) is 71.3 Å². The molecule has 7 nitrogen and oxygen atoms in total. The zero-order chi connectivity index (χ0) is 31.4. The Labute approximate surface area is 271 Å². The second-order valence-corrected chi connectivity index (χ2v) is 13.0. The zero-order valence-electron chi connectivity index (χ0n) is 25.1. The normalized spacial score (nSPS) is 13.4. The van der Waals surface area contributed by atoms with Gasteiger partial charge in [0.25, 0.3) is 0 Å². The predicted molar refractivity (Wildman–Crippen MR) is 177 cm³/mol. The highest BCUT2D eigenvalue weighted by molar-refractivity contribution is 7.49. The third kappa shape index (κ3) is 5.05. The summed E-state index contributed by atoms with van der Waals surface area (Å²) in [7, 11) is -4.44. The molecule has 0 radical (unpaired) electrons. The van der Waals surface area contributed by atoms with Gasteiger partial charge >= 0.3 is 7.82 Å². The molecule has 0 atom stereocenters. The maximum absolute atomic E-state index is 15.1. The van der Waals surface area contributed by atoms with E-state index in [4.69, 9.17) is 27.8 Å². The zero-order valence-corrected chi connectivity index (χ0v) is 25.9. The van der Waals surface area contributed by atoms with Crippen molar-refractivity contribution in [2.75, 3.05) is 0 Å². The van der Waals surface area contributed by atoms with Crippen LogP contribution in [-0.4, -0.2) is 0 Å². The first-order valence-electron chi connectivity index (χ1n) is 15.4. The smallest absolute Gasteiger partial charge is 0.457 e. The first-order valence-corrected chi connectivity index (χ1v) is 16.9. The molecule has 230 valence electrons. The minimum absolute atomic E-state index is 0.345. The monoisotopic (exact) mass is 638 g/mol. The maximum Gasteiger partial charge on any atom is 0.647 e. The van der Waals surface area contributed by atoms with E-state index in [9.17, 15) is 0 Å². The van der Waals surface area contributed by atoms with Gasteiger partial charge in [0.2, 0.25) is 0 Å². The Morgan fingerprint density at radius 2 is 0.681 bits per heavy atom. The molecule has 0 saturated carbocycles. The molecule has 0 bridgehead atoms. The Hall–Kier alpha value is -5.65. The summed E-state index contributed by atoms with van der Waals surface area (Å²) in [5.41, 5.74) is 5.23. The van der Waals surface area contributed by atoms with E-state index in [0.717, 1.165) is 50.6 Å². The standard InChI is InChI=1S/C39H27O7P/c40-47(44-37-19-7-16-34-28(37)22-25-10-1-4-13-31(25)41-34,45-38-20-8-17-35-29(38)23-26-11-2-5-14-32(26)42-35)46-39-21-9-18-36-30(39)24-27-12-3-6-15-33(27)43-36/h1-21H,22-24H2. The van der Waals surface area contributed by atoms with Crippen LogP contribution in [0, 0.1) is 0 Å². The van der Waals surface area contributed by atoms with Crippen LogP contribution in [0.1, 0.15) is 33.4 Å². The Morgan fingerprint density at radius 3 is 1.02 bits per heavy atom. The molecule has 6 aromatic carbocycles. The first kappa shape index (κ1) is 27.6. The SMILES string of the molecule is O=P(Oc1cccc2c1Cc1ccccc1O2)(Oc1cccc2c1Cc1ccccc1O2)Oc1cccc2c1Cc1ccccc1O2. The van der Waals surface area contributed by atoms with E-state index in [2.05, 4.69) is 0 Å². The van der Waals surface area contributed by atoms with Crippen molar-refractivity contribution in [1.82, 2.24) is 0 Å². The molecule has 0 amide bonds. The van der Waals surface area contributed by atoms with E-state index in [1.54, 1.807) is 36.4 Å². The molecule has 8 heteroatoms. The number of hydrogen-bond acceptors (Lipinski definition) is 7. The van der Waals surface area contributed by atoms with Crippen LogP contribution in [0.15, 0.2) is 127 Å². The molecule has 0 saturated heterocycles. The van der Waals surface area contributed by atoms with Crippen molar-refractivity contribution in [2.45, 2.75) is 19.3 Å². The summed E-state index contributed by atoms with van der Waals surface area (Å²) in [6.07, 6.45) is 1.58. The highest BCUT2D eigenvalue weighted by atomic mass is 31.2. The Morgan fingerprint density at radius 1 is 0.383 bits per heavy atom. The van der Waals surface area contributed by atoms with Gasteiger partial charge in [0.05, 0.1) is 0 Å². The molecule has 6 aromatic rings. The Bertz CT molecular complexity index is 1990. The summed E-state index contributed by atoms with van der Waals surface area (Å²) in [6, 6.07) is 39.8. The van der Waals surface area contributed by atoms with Crippen molar-refractivity contribution < 1.29 is 32.3 Å². The van der Waals surface area contributed by atoms with Gasteiger partial charge in [0, 0.05) is 36.0 Å². The number of fused-ring (bicyclic) bond motifs is 6. The average molecular weight is 639 g/mol. The van der Waals surface area contributed by atoms with Gasteiger partial charge in [-0.2, -0.15) is 4.57 Å². The molecule has 3 aliphatic rings. The van der Waals surface area contributed by atoms with Crippen LogP contribution in [-0.2, 0) is 23.8 Å². The summed E-state index contributed by atoms with van der Waals surface area (Å²) in [5, 5.41) is 0. The van der Waals surface area contributed by atoms with Gasteiger partial charge < -0.3 is 27.8 Å². The van der Waals surface area contributed by atoms with Crippen LogP contribution in [0.4, 0.5) is 0 Å². The summed E-state index contributed by atoms with van der Waals surface area (Å²) in [4.78, 5) is 0. The molecule has 3 heterocycles. The van der Waals surface area contributed by atoms with Gasteiger partial charge in [0.1, 0.15) is 51.7 Å². The fourth-order valence-electron chi connectivity index (χ4n) is 6.29. The van der Waals surface area contributed by atoms with Crippen molar-refractivity contribution in [2.24, 2.45) is 0 Å². The van der Waals surface area contributed by atoms with Crippen molar-refractivity contribution in [3.05, 3.63) is 161 Å². The number of hydrogen-bond donors (Lipinski definition) is 0. The van der Waals surface area contributed by atoms with Gasteiger partial charge in [-0.3, -0.25) is 0 Å². The molecule has 0 fully saturated rings. The van der Waals surface area contributed by atoms with Crippen LogP contribution in [0.3, 0.4) is 0 Å². The van der Waals surface area contributed by atoms with Crippen molar-refractivity contribution in [3.63, 3.8) is 0 Å². The first-order chi connectivity index (χ1) is 23.1. The lowest BCUT2D eigenvalue weighted by molar-refractivity contribution is 0.293. The van der Waals surface area contributed by atoms with E-state index >= 15 is 4.57 Å². The molecule has 0 spiro atoms. The highest BCUT2D eigenvalue weighted by Gasteiger charge is 2.38. The van der Waals surface area contributed by atoms with Gasteiger partial charge in [-0.25, -0.2) is 0 Å². The van der Waals surface area contributed by atoms with Gasteiger partial charge in [0.15, 0.2) is 0 Å². The third-order valence-corrected chi connectivity index (χ3v) is 9.84. The lowest BCUT2D eigenvalue weighted by Crippen LogP contribution is -2.13. The van der Waals surface area contributed by atoms with Crippen LogP contribution < -0.4 is 27.8 Å². The topological polar surface area (TPSA) is 72.5 Å². The Balaban J connectivity index is 1.12. The summed E-state index contributed by atoms with van der Waals surface area (Å²) >= 11 is 0. The summed E-state index contributed by atoms with van der Waals surface area (Å²) in [6.45, 7) is 0. The molecule has 9 rings (SSSR count). The fraction of sp³-hybridized carbons (Fsp3) is 0.0769. The second-order valence-electron chi connectivity index (χ2n) is 11.6. The van der Waals surface area contributed by atoms with Crippen molar-refractivity contribution in [1.29, 1.82) is 0 Å². The average Bonchev–Trinajstić information content (AvgIpc) is 3.09. The van der Waals surface area contributed by atoms with Crippen LogP contribution in [0.5, 0.6) is 51.7 Å². The van der Waals surface area contributed by atoms with Gasteiger partial charge in [-0.1, -0.05) is 72.8 Å². The lowest BCUT2D eigenvalue weighted by atomic mass is 10.00. The highest BCUT2D eigenvalue weighted by Crippen LogP contribution is 2.56. The minimum atomic E-state index is -4.44. The van der Waals surface area contributed by atoms with E-state index < -0.39 is 7.82 Å². The number of phosphoric ester groups is 1. The molecule has 0 N–H and O–H groups in total. The van der Waals surface area contributed by atoms with E-state index in [-0.39, 0.29) is 0 Å². The quantitative estimate of drug-likeness (QED) is 0.168. The van der Waals surface area contributed by atoms with Crippen LogP contribution >= 0.6 is 7.82 Å². The number of ether oxygens (including phenoxy) is 3. The Kier molecular flexibility index (Phi) is 6.47. The minimum Gasteiger partial charge on any atom is -0.457 e. The third-order valence-electron chi connectivity index (χ3n) is 8.58. The van der Waals surface area contributed by atoms with Crippen LogP contribution in [0.2, 0.25) is 0 Å². The molecular formula is C39H27O7P. The second kappa shape index (κ2) is 11.0. The molecular weight excluding hydrogens is 611 g/mol. The number of benzene rings is 6. The predicted octanol–water partition coefficient (Wildman–Crippen LogP) is 10.4. The van der Waals surface area contributed by atoms with Crippen molar-refractivity contribution >= 4 is 7.82 Å². The largest absolute Gasteiger partial charge is 0.647 e. The van der Waals surface area contributed by atoms with Gasteiger partial charge in [-0.15, -0.1) is 0 Å². The number of para-hydroxylation sites is 3. The molecule has 47 heavy (non-hydrogen) atoms. The summed E-state index contributed by atoms with van der Waals surface area (Å²) in [5.74, 6) is 5.24. The lowest BCUT2D eigenvalue weighted by Gasteiger charge is -2.27. The van der Waals surface area contributed by atoms with E-state index in [1.165, 1.54) is 0 Å². The molecule has 0 aliphatic carbocycles. The fourth-order valence-corrected chi connectivity index (χ4v) is 7.64. The van der Waals surface area contributed by atoms with E-state index in [0.29, 0.717) is 53.8 Å². The number of phosphoric acid groups is 1.